The number of thioether (sulfide) groups is 1. The number of phenolic OH excluding ortho intramolecular Hbond substituents is 2. The molecule has 3 aromatic rings. The molecule has 0 unspecified atom stereocenters. The van der Waals surface area contributed by atoms with Crippen molar-refractivity contribution in [2.75, 3.05) is 11.1 Å². The van der Waals surface area contributed by atoms with Gasteiger partial charge in [-0.3, -0.25) is 4.79 Å². The molecule has 0 aliphatic carbocycles. The van der Waals surface area contributed by atoms with Crippen molar-refractivity contribution in [3.05, 3.63) is 72.6 Å². The molecule has 2 aromatic carbocycles. The van der Waals surface area contributed by atoms with E-state index in [1.807, 2.05) is 34.9 Å². The lowest BCUT2D eigenvalue weighted by molar-refractivity contribution is -0.118. The Hall–Kier alpha value is -3.79. The summed E-state index contributed by atoms with van der Waals surface area (Å²) in [6.45, 7) is 4.77. The van der Waals surface area contributed by atoms with Crippen molar-refractivity contribution in [3.8, 4) is 11.5 Å². The lowest BCUT2D eigenvalue weighted by Gasteiger charge is -2.09. The van der Waals surface area contributed by atoms with Crippen molar-refractivity contribution in [1.82, 2.24) is 20.2 Å². The van der Waals surface area contributed by atoms with Gasteiger partial charge in [-0.1, -0.05) is 36.0 Å². The van der Waals surface area contributed by atoms with E-state index in [9.17, 15) is 15.0 Å². The minimum atomic E-state index is -0.336. The molecule has 1 amide bonds. The minimum Gasteiger partial charge on any atom is -0.508 e. The lowest BCUT2D eigenvalue weighted by atomic mass is 10.2. The van der Waals surface area contributed by atoms with Gasteiger partial charge in [0.2, 0.25) is 0 Å². The number of hydrogen-bond donors (Lipinski definition) is 4. The fraction of sp³-hybridized carbons (Fsp3) is 0.143. The second-order valence-corrected chi connectivity index (χ2v) is 7.29. The van der Waals surface area contributed by atoms with Crippen LogP contribution in [0.15, 0.2) is 71.4 Å². The highest BCUT2D eigenvalue weighted by Gasteiger charge is 2.13. The first-order chi connectivity index (χ1) is 15.1. The number of hydrazone groups is 1. The Kier molecular flexibility index (Phi) is 7.66. The molecule has 9 nitrogen and oxygen atoms in total. The Bertz CT molecular complexity index is 1070. The number of hydrogen-bond acceptors (Lipinski definition) is 8. The molecule has 0 spiro atoms. The van der Waals surface area contributed by atoms with Crippen LogP contribution in [0.4, 0.5) is 5.69 Å². The molecule has 0 radical (unpaired) electrons. The van der Waals surface area contributed by atoms with Crippen molar-refractivity contribution in [1.29, 1.82) is 0 Å². The topological polar surface area (TPSA) is 125 Å². The van der Waals surface area contributed by atoms with E-state index in [0.29, 0.717) is 23.8 Å². The van der Waals surface area contributed by atoms with Crippen LogP contribution in [0.2, 0.25) is 0 Å². The second kappa shape index (κ2) is 10.8. The number of para-hydroxylation sites is 1. The third-order valence-electron chi connectivity index (χ3n) is 4.07. The minimum absolute atomic E-state index is 0.0583. The molecule has 1 aromatic heterocycles. The summed E-state index contributed by atoms with van der Waals surface area (Å²) in [5.41, 5.74) is 3.74. The Balaban J connectivity index is 1.55. The molecular weight excluding hydrogens is 416 g/mol. The first-order valence-electron chi connectivity index (χ1n) is 9.35. The number of allylic oxidation sites excluding steroid dienone is 1. The Morgan fingerprint density at radius 1 is 1.19 bits per heavy atom. The van der Waals surface area contributed by atoms with Crippen molar-refractivity contribution < 1.29 is 15.0 Å². The highest BCUT2D eigenvalue weighted by atomic mass is 32.2. The summed E-state index contributed by atoms with van der Waals surface area (Å²) in [6, 6.07) is 13.9. The van der Waals surface area contributed by atoms with Gasteiger partial charge < -0.3 is 20.1 Å². The molecule has 0 bridgehead atoms. The third-order valence-corrected chi connectivity index (χ3v) is 5.04. The number of carbonyl (C=O) groups is 1. The predicted octanol–water partition coefficient (Wildman–Crippen LogP) is 2.73. The number of rotatable bonds is 10. The van der Waals surface area contributed by atoms with E-state index >= 15 is 0 Å². The Morgan fingerprint density at radius 3 is 2.74 bits per heavy atom. The summed E-state index contributed by atoms with van der Waals surface area (Å²) in [5.74, 6) is 0.281. The lowest BCUT2D eigenvalue weighted by Crippen LogP contribution is -2.20. The third kappa shape index (κ3) is 6.34. The smallest absolute Gasteiger partial charge is 0.250 e. The van der Waals surface area contributed by atoms with Gasteiger partial charge in [-0.25, -0.2) is 5.43 Å². The summed E-state index contributed by atoms with van der Waals surface area (Å²) in [4.78, 5) is 12.1. The van der Waals surface area contributed by atoms with E-state index in [0.717, 1.165) is 11.5 Å². The van der Waals surface area contributed by atoms with Gasteiger partial charge in [0.15, 0.2) is 11.0 Å². The van der Waals surface area contributed by atoms with Crippen molar-refractivity contribution in [2.24, 2.45) is 5.10 Å². The number of aromatic nitrogens is 3. The van der Waals surface area contributed by atoms with Gasteiger partial charge in [-0.05, 0) is 24.3 Å². The molecule has 1 heterocycles. The van der Waals surface area contributed by atoms with Gasteiger partial charge in [0.05, 0.1) is 18.5 Å². The SMILES string of the molecule is C=CCn1c(CNc2ccccc2)nnc1SCC(=O)N/N=C/c1ccc(O)cc1O. The monoisotopic (exact) mass is 438 g/mol. The van der Waals surface area contributed by atoms with Crippen molar-refractivity contribution in [2.45, 2.75) is 18.2 Å². The quantitative estimate of drug-likeness (QED) is 0.166. The van der Waals surface area contributed by atoms with E-state index in [1.165, 1.54) is 36.2 Å². The highest BCUT2D eigenvalue weighted by molar-refractivity contribution is 7.99. The van der Waals surface area contributed by atoms with Crippen LogP contribution >= 0.6 is 11.8 Å². The Morgan fingerprint density at radius 2 is 2.00 bits per heavy atom. The average molecular weight is 439 g/mol. The molecule has 10 heteroatoms. The normalized spacial score (nSPS) is 10.8. The summed E-state index contributed by atoms with van der Waals surface area (Å²) in [7, 11) is 0. The molecule has 4 N–H and O–H groups in total. The number of benzene rings is 2. The molecule has 0 saturated heterocycles. The number of phenols is 2. The van der Waals surface area contributed by atoms with Gasteiger partial charge in [-0.15, -0.1) is 16.8 Å². The number of nitrogens with one attached hydrogen (secondary N) is 2. The van der Waals surface area contributed by atoms with Crippen LogP contribution in [-0.2, 0) is 17.9 Å². The molecule has 0 aliphatic rings. The number of aromatic hydroxyl groups is 2. The van der Waals surface area contributed by atoms with Crippen molar-refractivity contribution in [3.63, 3.8) is 0 Å². The largest absolute Gasteiger partial charge is 0.508 e. The van der Waals surface area contributed by atoms with Crippen molar-refractivity contribution >= 4 is 29.6 Å². The maximum Gasteiger partial charge on any atom is 0.250 e. The zero-order chi connectivity index (χ0) is 22.1. The molecule has 0 aliphatic heterocycles. The molecule has 0 fully saturated rings. The van der Waals surface area contributed by atoms with Crippen LogP contribution in [0, 0.1) is 0 Å². The molecule has 0 saturated carbocycles. The maximum absolute atomic E-state index is 12.1. The van der Waals surface area contributed by atoms with Gasteiger partial charge in [-0.2, -0.15) is 5.10 Å². The summed E-state index contributed by atoms with van der Waals surface area (Å²) in [5, 5.41) is 35.1. The summed E-state index contributed by atoms with van der Waals surface area (Å²) < 4.78 is 1.89. The molecule has 0 atom stereocenters. The van der Waals surface area contributed by atoms with E-state index < -0.39 is 0 Å². The van der Waals surface area contributed by atoms with Crippen LogP contribution in [0.5, 0.6) is 11.5 Å². The number of anilines is 1. The zero-order valence-corrected chi connectivity index (χ0v) is 17.4. The van der Waals surface area contributed by atoms with Crippen LogP contribution in [0.3, 0.4) is 0 Å². The first kappa shape index (κ1) is 21.9. The predicted molar refractivity (Wildman–Crippen MR) is 120 cm³/mol. The summed E-state index contributed by atoms with van der Waals surface area (Å²) >= 11 is 1.23. The highest BCUT2D eigenvalue weighted by Crippen LogP contribution is 2.21. The number of carbonyl (C=O) groups excluding carboxylic acids is 1. The Labute approximate surface area is 183 Å². The number of amides is 1. The fourth-order valence-electron chi connectivity index (χ4n) is 2.58. The van der Waals surface area contributed by atoms with Gasteiger partial charge in [0, 0.05) is 23.9 Å². The summed E-state index contributed by atoms with van der Waals surface area (Å²) in [6.07, 6.45) is 3.04. The first-order valence-corrected chi connectivity index (χ1v) is 10.3. The average Bonchev–Trinajstić information content (AvgIpc) is 3.15. The number of nitrogens with zero attached hydrogens (tertiary/aromatic N) is 4. The van der Waals surface area contributed by atoms with Crippen LogP contribution in [0.1, 0.15) is 11.4 Å². The van der Waals surface area contributed by atoms with Crippen LogP contribution in [0.25, 0.3) is 0 Å². The van der Waals surface area contributed by atoms with Crippen LogP contribution < -0.4 is 10.7 Å². The maximum atomic E-state index is 12.1. The zero-order valence-electron chi connectivity index (χ0n) is 16.6. The van der Waals surface area contributed by atoms with Gasteiger partial charge >= 0.3 is 0 Å². The fourth-order valence-corrected chi connectivity index (χ4v) is 3.34. The van der Waals surface area contributed by atoms with Crippen LogP contribution in [-0.4, -0.2) is 42.9 Å². The molecule has 31 heavy (non-hydrogen) atoms. The van der Waals surface area contributed by atoms with E-state index in [1.54, 1.807) is 6.08 Å². The van der Waals surface area contributed by atoms with E-state index in [-0.39, 0.29) is 23.2 Å². The molecule has 160 valence electrons. The molecule has 3 rings (SSSR count). The van der Waals surface area contributed by atoms with E-state index in [2.05, 4.69) is 32.6 Å². The van der Waals surface area contributed by atoms with E-state index in [4.69, 9.17) is 0 Å². The molecular formula is C21H22N6O3S. The standard InChI is InChI=1S/C21H22N6O3S/c1-2-10-27-19(13-22-16-6-4-3-5-7-16)24-26-21(27)31-14-20(30)25-23-12-15-8-9-17(28)11-18(15)29/h2-9,11-12,22,28-29H,1,10,13-14H2,(H,25,30)/b23-12+. The second-order valence-electron chi connectivity index (χ2n) is 6.34. The van der Waals surface area contributed by atoms with Gasteiger partial charge in [0.1, 0.15) is 11.5 Å². The van der Waals surface area contributed by atoms with Gasteiger partial charge in [0.25, 0.3) is 5.91 Å².